The fourth-order valence-electron chi connectivity index (χ4n) is 1.94. The maximum absolute atomic E-state index is 12.0. The lowest BCUT2D eigenvalue weighted by Gasteiger charge is -1.99. The van der Waals surface area contributed by atoms with Crippen molar-refractivity contribution in [2.45, 2.75) is 27.3 Å². The highest BCUT2D eigenvalue weighted by Crippen LogP contribution is 2.19. The average Bonchev–Trinajstić information content (AvgIpc) is 2.45. The van der Waals surface area contributed by atoms with Gasteiger partial charge in [-0.15, -0.1) is 0 Å². The molecule has 2 heterocycles. The van der Waals surface area contributed by atoms with Crippen LogP contribution in [0.2, 0.25) is 0 Å². The first kappa shape index (κ1) is 9.96. The third-order valence-electron chi connectivity index (χ3n) is 3.10. The minimum atomic E-state index is 0.0104. The van der Waals surface area contributed by atoms with Crippen molar-refractivity contribution in [3.8, 4) is 0 Å². The van der Waals surface area contributed by atoms with Gasteiger partial charge in [0.25, 0.3) is 5.56 Å². The zero-order chi connectivity index (χ0) is 11.2. The number of aryl methyl sites for hydroxylation is 3. The van der Waals surface area contributed by atoms with Crippen molar-refractivity contribution in [1.29, 1.82) is 0 Å². The molecule has 0 unspecified atom stereocenters. The van der Waals surface area contributed by atoms with Crippen molar-refractivity contribution in [3.05, 3.63) is 27.9 Å². The van der Waals surface area contributed by atoms with E-state index in [1.165, 1.54) is 4.68 Å². The number of rotatable bonds is 1. The smallest absolute Gasteiger partial charge is 0.276 e. The summed E-state index contributed by atoms with van der Waals surface area (Å²) in [6.45, 7) is 6.51. The third kappa shape index (κ3) is 1.21. The Kier molecular flexibility index (Phi) is 2.14. The fourth-order valence-corrected chi connectivity index (χ4v) is 1.94. The first-order valence-corrected chi connectivity index (χ1v) is 5.09. The van der Waals surface area contributed by atoms with E-state index >= 15 is 0 Å². The van der Waals surface area contributed by atoms with Crippen molar-refractivity contribution < 1.29 is 0 Å². The van der Waals surface area contributed by atoms with Gasteiger partial charge in [0, 0.05) is 30.4 Å². The molecule has 80 valence electrons. The largest absolute Gasteiger partial charge is 0.351 e. The van der Waals surface area contributed by atoms with Crippen LogP contribution in [-0.4, -0.2) is 14.3 Å². The summed E-state index contributed by atoms with van der Waals surface area (Å²) in [5.74, 6) is 0. The Morgan fingerprint density at radius 1 is 1.33 bits per heavy atom. The van der Waals surface area contributed by atoms with Crippen LogP contribution < -0.4 is 5.56 Å². The Balaban J connectivity index is 3.00. The van der Waals surface area contributed by atoms with E-state index in [9.17, 15) is 4.79 Å². The molecule has 0 saturated heterocycles. The summed E-state index contributed by atoms with van der Waals surface area (Å²) in [6, 6.07) is 0. The van der Waals surface area contributed by atoms with Crippen LogP contribution in [0.5, 0.6) is 0 Å². The zero-order valence-electron chi connectivity index (χ0n) is 9.53. The second-order valence-electron chi connectivity index (χ2n) is 3.78. The molecular formula is C11H15N3O. The lowest BCUT2D eigenvalue weighted by Crippen LogP contribution is -2.21. The van der Waals surface area contributed by atoms with Gasteiger partial charge in [-0.1, -0.05) is 0 Å². The summed E-state index contributed by atoms with van der Waals surface area (Å²) in [7, 11) is 1.97. The van der Waals surface area contributed by atoms with E-state index in [4.69, 9.17) is 0 Å². The molecule has 4 nitrogen and oxygen atoms in total. The molecule has 0 bridgehead atoms. The van der Waals surface area contributed by atoms with Gasteiger partial charge in [0.05, 0.1) is 11.6 Å². The first-order valence-electron chi connectivity index (χ1n) is 5.09. The summed E-state index contributed by atoms with van der Waals surface area (Å²) in [4.78, 5) is 12.0. The zero-order valence-corrected chi connectivity index (χ0v) is 9.53. The highest BCUT2D eigenvalue weighted by molar-refractivity contribution is 5.86. The Hall–Kier alpha value is -1.58. The van der Waals surface area contributed by atoms with Crippen LogP contribution in [-0.2, 0) is 13.6 Å². The highest BCUT2D eigenvalue weighted by Gasteiger charge is 2.12. The highest BCUT2D eigenvalue weighted by atomic mass is 16.1. The topological polar surface area (TPSA) is 39.8 Å². The minimum absolute atomic E-state index is 0.0104. The molecule has 0 aromatic carbocycles. The van der Waals surface area contributed by atoms with Gasteiger partial charge in [0.1, 0.15) is 0 Å². The van der Waals surface area contributed by atoms with Crippen LogP contribution >= 0.6 is 0 Å². The number of fused-ring (bicyclic) bond motifs is 1. The third-order valence-corrected chi connectivity index (χ3v) is 3.10. The average molecular weight is 205 g/mol. The van der Waals surface area contributed by atoms with Crippen molar-refractivity contribution in [3.63, 3.8) is 0 Å². The molecule has 0 amide bonds. The Morgan fingerprint density at radius 2 is 2.00 bits per heavy atom. The van der Waals surface area contributed by atoms with E-state index in [0.717, 1.165) is 22.2 Å². The summed E-state index contributed by atoms with van der Waals surface area (Å²) in [6.07, 6.45) is 1.78. The second-order valence-corrected chi connectivity index (χ2v) is 3.78. The molecule has 0 fully saturated rings. The molecule has 4 heteroatoms. The SMILES string of the molecule is CCn1ncc2c(C)n(C)c(C)c2c1=O. The molecule has 0 aliphatic carbocycles. The van der Waals surface area contributed by atoms with Crippen molar-refractivity contribution in [2.75, 3.05) is 0 Å². The predicted molar refractivity (Wildman–Crippen MR) is 60.1 cm³/mol. The fraction of sp³-hybridized carbons (Fsp3) is 0.455. The maximum atomic E-state index is 12.0. The molecule has 0 aliphatic heterocycles. The van der Waals surface area contributed by atoms with Gasteiger partial charge in [-0.3, -0.25) is 4.79 Å². The van der Waals surface area contributed by atoms with Crippen molar-refractivity contribution in [2.24, 2.45) is 7.05 Å². The molecule has 0 N–H and O–H groups in total. The molecule has 0 atom stereocenters. The number of hydrogen-bond acceptors (Lipinski definition) is 2. The summed E-state index contributed by atoms with van der Waals surface area (Å²) in [5.41, 5.74) is 2.11. The van der Waals surface area contributed by atoms with Gasteiger partial charge in [0.15, 0.2) is 0 Å². The van der Waals surface area contributed by atoms with E-state index in [2.05, 4.69) is 5.10 Å². The maximum Gasteiger partial charge on any atom is 0.276 e. The lowest BCUT2D eigenvalue weighted by atomic mass is 10.2. The molecule has 0 saturated carbocycles. The standard InChI is InChI=1S/C11H15N3O/c1-5-14-11(15)10-8(3)13(4)7(2)9(10)6-12-14/h6H,5H2,1-4H3. The van der Waals surface area contributed by atoms with Crippen LogP contribution in [0.15, 0.2) is 11.0 Å². The Labute approximate surface area is 88.1 Å². The minimum Gasteiger partial charge on any atom is -0.351 e. The predicted octanol–water partition coefficient (Wildman–Crippen LogP) is 1.37. The quantitative estimate of drug-likeness (QED) is 0.705. The van der Waals surface area contributed by atoms with E-state index in [1.807, 2.05) is 32.4 Å². The Morgan fingerprint density at radius 3 is 2.60 bits per heavy atom. The van der Waals surface area contributed by atoms with Gasteiger partial charge < -0.3 is 4.57 Å². The van der Waals surface area contributed by atoms with Crippen molar-refractivity contribution >= 4 is 10.8 Å². The van der Waals surface area contributed by atoms with Crippen LogP contribution in [0.3, 0.4) is 0 Å². The monoisotopic (exact) mass is 205 g/mol. The molecule has 2 aromatic rings. The number of nitrogens with zero attached hydrogens (tertiary/aromatic N) is 3. The number of hydrogen-bond donors (Lipinski definition) is 0. The van der Waals surface area contributed by atoms with E-state index in [1.54, 1.807) is 6.20 Å². The summed E-state index contributed by atoms with van der Waals surface area (Å²) < 4.78 is 3.53. The van der Waals surface area contributed by atoms with Gasteiger partial charge in [-0.25, -0.2) is 4.68 Å². The molecule has 0 radical (unpaired) electrons. The van der Waals surface area contributed by atoms with Gasteiger partial charge >= 0.3 is 0 Å². The molecule has 2 aromatic heterocycles. The second kappa shape index (κ2) is 3.22. The van der Waals surface area contributed by atoms with Gasteiger partial charge in [-0.2, -0.15) is 5.10 Å². The van der Waals surface area contributed by atoms with E-state index in [0.29, 0.717) is 6.54 Å². The van der Waals surface area contributed by atoms with Gasteiger partial charge in [0.2, 0.25) is 0 Å². The Bertz CT molecular complexity index is 578. The molecule has 0 aliphatic rings. The van der Waals surface area contributed by atoms with Crippen molar-refractivity contribution in [1.82, 2.24) is 14.3 Å². The van der Waals surface area contributed by atoms with Crippen LogP contribution in [0.1, 0.15) is 18.3 Å². The normalized spacial score (nSPS) is 11.2. The molecular weight excluding hydrogens is 190 g/mol. The van der Waals surface area contributed by atoms with E-state index in [-0.39, 0.29) is 5.56 Å². The lowest BCUT2D eigenvalue weighted by molar-refractivity contribution is 0.623. The van der Waals surface area contributed by atoms with Crippen LogP contribution in [0.25, 0.3) is 10.8 Å². The summed E-state index contributed by atoms with van der Waals surface area (Å²) >= 11 is 0. The van der Waals surface area contributed by atoms with Crippen LogP contribution in [0.4, 0.5) is 0 Å². The molecule has 2 rings (SSSR count). The van der Waals surface area contributed by atoms with Crippen LogP contribution in [0, 0.1) is 13.8 Å². The molecule has 0 spiro atoms. The van der Waals surface area contributed by atoms with E-state index < -0.39 is 0 Å². The summed E-state index contributed by atoms with van der Waals surface area (Å²) in [5, 5.41) is 5.89. The number of aromatic nitrogens is 3. The first-order chi connectivity index (χ1) is 7.07. The molecule has 15 heavy (non-hydrogen) atoms. The van der Waals surface area contributed by atoms with Gasteiger partial charge in [-0.05, 0) is 20.8 Å².